The number of hydrogen-bond acceptors (Lipinski definition) is 4. The van der Waals surface area contributed by atoms with Gasteiger partial charge >= 0.3 is 11.9 Å². The van der Waals surface area contributed by atoms with E-state index >= 15 is 0 Å². The van der Waals surface area contributed by atoms with Gasteiger partial charge < -0.3 is 9.47 Å². The van der Waals surface area contributed by atoms with Gasteiger partial charge in [-0.2, -0.15) is 0 Å². The summed E-state index contributed by atoms with van der Waals surface area (Å²) in [6.45, 7) is 6.59. The highest BCUT2D eigenvalue weighted by Crippen LogP contribution is 2.27. The predicted octanol–water partition coefficient (Wildman–Crippen LogP) is 5.32. The van der Waals surface area contributed by atoms with Gasteiger partial charge in [-0.3, -0.25) is 0 Å². The van der Waals surface area contributed by atoms with E-state index < -0.39 is 11.9 Å². The lowest BCUT2D eigenvalue weighted by atomic mass is 9.94. The van der Waals surface area contributed by atoms with Crippen LogP contribution >= 0.6 is 0 Å². The van der Waals surface area contributed by atoms with E-state index in [-0.39, 0.29) is 5.57 Å². The van der Waals surface area contributed by atoms with Crippen molar-refractivity contribution in [2.45, 2.75) is 65.7 Å². The molecule has 0 saturated carbocycles. The third kappa shape index (κ3) is 7.42. The van der Waals surface area contributed by atoms with Crippen LogP contribution in [-0.2, 0) is 19.1 Å². The molecule has 0 fully saturated rings. The van der Waals surface area contributed by atoms with E-state index in [9.17, 15) is 9.59 Å². The Morgan fingerprint density at radius 2 is 1.35 bits per heavy atom. The van der Waals surface area contributed by atoms with Crippen molar-refractivity contribution in [2.24, 2.45) is 0 Å². The van der Waals surface area contributed by atoms with Crippen LogP contribution in [0.2, 0.25) is 0 Å². The number of carbonyl (C=O) groups is 2. The third-order valence-corrected chi connectivity index (χ3v) is 3.99. The minimum atomic E-state index is -0.581. The normalized spacial score (nSPS) is 10.3. The average molecular weight is 360 g/mol. The molecular formula is C22H32O4. The zero-order valence-corrected chi connectivity index (χ0v) is 16.4. The maximum Gasteiger partial charge on any atom is 0.345 e. The van der Waals surface area contributed by atoms with E-state index in [1.807, 2.05) is 44.2 Å². The monoisotopic (exact) mass is 360 g/mol. The fourth-order valence-corrected chi connectivity index (χ4v) is 2.65. The average Bonchev–Trinajstić information content (AvgIpc) is 2.67. The van der Waals surface area contributed by atoms with E-state index in [2.05, 4.69) is 6.92 Å². The second kappa shape index (κ2) is 13.2. The molecule has 0 N–H and O–H groups in total. The Morgan fingerprint density at radius 3 is 1.85 bits per heavy atom. The summed E-state index contributed by atoms with van der Waals surface area (Å²) in [7, 11) is 0. The highest BCUT2D eigenvalue weighted by atomic mass is 16.6. The number of carbonyl (C=O) groups excluding carboxylic acids is 2. The molecule has 1 aromatic rings. The molecule has 0 aliphatic heterocycles. The van der Waals surface area contributed by atoms with Crippen LogP contribution in [-0.4, -0.2) is 25.2 Å². The topological polar surface area (TPSA) is 52.6 Å². The highest BCUT2D eigenvalue weighted by Gasteiger charge is 2.26. The van der Waals surface area contributed by atoms with E-state index in [1.54, 1.807) is 0 Å². The van der Waals surface area contributed by atoms with Crippen LogP contribution in [0.4, 0.5) is 0 Å². The number of rotatable bonds is 12. The SMILES string of the molecule is CCCCCCC(=C(C(=O)OCCC)C(=O)OCCC)c1ccccc1. The lowest BCUT2D eigenvalue weighted by Gasteiger charge is -2.15. The number of esters is 2. The molecule has 0 saturated heterocycles. The minimum absolute atomic E-state index is 0.0506. The number of unbranched alkanes of at least 4 members (excludes halogenated alkanes) is 3. The molecule has 144 valence electrons. The molecular weight excluding hydrogens is 328 g/mol. The maximum atomic E-state index is 12.6. The number of allylic oxidation sites excluding steroid dienone is 1. The van der Waals surface area contributed by atoms with Gasteiger partial charge in [0.25, 0.3) is 0 Å². The van der Waals surface area contributed by atoms with Gasteiger partial charge in [-0.1, -0.05) is 70.4 Å². The summed E-state index contributed by atoms with van der Waals surface area (Å²) in [6, 6.07) is 9.59. The predicted molar refractivity (Wildman–Crippen MR) is 105 cm³/mol. The van der Waals surface area contributed by atoms with Crippen molar-refractivity contribution in [1.29, 1.82) is 0 Å². The molecule has 0 amide bonds. The van der Waals surface area contributed by atoms with Crippen LogP contribution in [0, 0.1) is 0 Å². The molecule has 0 aromatic heterocycles. The molecule has 0 radical (unpaired) electrons. The summed E-state index contributed by atoms with van der Waals surface area (Å²) in [5.41, 5.74) is 1.65. The van der Waals surface area contributed by atoms with Crippen molar-refractivity contribution in [1.82, 2.24) is 0 Å². The molecule has 4 heteroatoms. The van der Waals surface area contributed by atoms with E-state index in [4.69, 9.17) is 9.47 Å². The Balaban J connectivity index is 3.23. The lowest BCUT2D eigenvalue weighted by molar-refractivity contribution is -0.147. The fraction of sp³-hybridized carbons (Fsp3) is 0.545. The van der Waals surface area contributed by atoms with Gasteiger partial charge in [0.05, 0.1) is 13.2 Å². The Morgan fingerprint density at radius 1 is 0.769 bits per heavy atom. The Kier molecular flexibility index (Phi) is 11.1. The molecule has 4 nitrogen and oxygen atoms in total. The first-order valence-corrected chi connectivity index (χ1v) is 9.78. The Hall–Kier alpha value is -2.10. The van der Waals surface area contributed by atoms with Gasteiger partial charge in [0.15, 0.2) is 0 Å². The van der Waals surface area contributed by atoms with Crippen molar-refractivity contribution in [2.75, 3.05) is 13.2 Å². The van der Waals surface area contributed by atoms with Crippen LogP contribution in [0.5, 0.6) is 0 Å². The van der Waals surface area contributed by atoms with Crippen molar-refractivity contribution in [3.63, 3.8) is 0 Å². The highest BCUT2D eigenvalue weighted by molar-refractivity contribution is 6.20. The molecule has 0 bridgehead atoms. The second-order valence-electron chi connectivity index (χ2n) is 6.30. The summed E-state index contributed by atoms with van der Waals surface area (Å²) >= 11 is 0. The zero-order chi connectivity index (χ0) is 19.2. The van der Waals surface area contributed by atoms with Crippen LogP contribution in [0.3, 0.4) is 0 Å². The van der Waals surface area contributed by atoms with Gasteiger partial charge in [0.2, 0.25) is 0 Å². The fourth-order valence-electron chi connectivity index (χ4n) is 2.65. The Bertz CT molecular complexity index is 553. The van der Waals surface area contributed by atoms with Crippen molar-refractivity contribution >= 4 is 17.5 Å². The van der Waals surface area contributed by atoms with Crippen LogP contribution in [0.25, 0.3) is 5.57 Å². The van der Waals surface area contributed by atoms with Crippen LogP contribution < -0.4 is 0 Å². The zero-order valence-electron chi connectivity index (χ0n) is 16.4. The maximum absolute atomic E-state index is 12.6. The molecule has 26 heavy (non-hydrogen) atoms. The summed E-state index contributed by atoms with van der Waals surface area (Å²) < 4.78 is 10.6. The molecule has 1 aromatic carbocycles. The van der Waals surface area contributed by atoms with Gasteiger partial charge in [-0.05, 0) is 36.8 Å². The van der Waals surface area contributed by atoms with Crippen molar-refractivity contribution in [3.8, 4) is 0 Å². The van der Waals surface area contributed by atoms with Gasteiger partial charge in [0, 0.05) is 0 Å². The second-order valence-corrected chi connectivity index (χ2v) is 6.30. The molecule has 0 unspecified atom stereocenters. The minimum Gasteiger partial charge on any atom is -0.462 e. The standard InChI is InChI=1S/C22H32O4/c1-4-7-8-12-15-19(18-13-10-9-11-14-18)20(21(23)25-16-5-2)22(24)26-17-6-3/h9-11,13-14H,4-8,12,15-17H2,1-3H3. The third-order valence-electron chi connectivity index (χ3n) is 3.99. The Labute approximate surface area is 157 Å². The largest absolute Gasteiger partial charge is 0.462 e. The van der Waals surface area contributed by atoms with Crippen LogP contribution in [0.1, 0.15) is 71.3 Å². The summed E-state index contributed by atoms with van der Waals surface area (Å²) in [4.78, 5) is 25.3. The van der Waals surface area contributed by atoms with E-state index in [0.29, 0.717) is 32.5 Å². The number of benzene rings is 1. The van der Waals surface area contributed by atoms with E-state index in [1.165, 1.54) is 0 Å². The van der Waals surface area contributed by atoms with Gasteiger partial charge in [-0.15, -0.1) is 0 Å². The van der Waals surface area contributed by atoms with Gasteiger partial charge in [-0.25, -0.2) is 9.59 Å². The van der Waals surface area contributed by atoms with Crippen molar-refractivity contribution in [3.05, 3.63) is 41.5 Å². The van der Waals surface area contributed by atoms with Crippen LogP contribution in [0.15, 0.2) is 35.9 Å². The quantitative estimate of drug-likeness (QED) is 0.166. The number of ether oxygens (including phenoxy) is 2. The summed E-state index contributed by atoms with van der Waals surface area (Å²) in [5, 5.41) is 0. The first kappa shape index (κ1) is 21.9. The molecule has 0 aliphatic rings. The molecule has 1 rings (SSSR count). The smallest absolute Gasteiger partial charge is 0.345 e. The molecule has 0 heterocycles. The molecule has 0 aliphatic carbocycles. The first-order valence-electron chi connectivity index (χ1n) is 9.78. The van der Waals surface area contributed by atoms with E-state index in [0.717, 1.165) is 36.8 Å². The molecule has 0 atom stereocenters. The number of hydrogen-bond donors (Lipinski definition) is 0. The summed E-state index contributed by atoms with van der Waals surface area (Å²) in [6.07, 6.45) is 6.33. The molecule has 0 spiro atoms. The lowest BCUT2D eigenvalue weighted by Crippen LogP contribution is -2.21. The summed E-state index contributed by atoms with van der Waals surface area (Å²) in [5.74, 6) is -1.16. The van der Waals surface area contributed by atoms with Gasteiger partial charge in [0.1, 0.15) is 5.57 Å². The first-order chi connectivity index (χ1) is 12.7. The van der Waals surface area contributed by atoms with Crippen molar-refractivity contribution < 1.29 is 19.1 Å².